The van der Waals surface area contributed by atoms with Crippen molar-refractivity contribution in [3.05, 3.63) is 59.3 Å². The number of anilines is 1. The zero-order valence-electron chi connectivity index (χ0n) is 18.1. The highest BCUT2D eigenvalue weighted by molar-refractivity contribution is 6.22. The monoisotopic (exact) mass is 417 g/mol. The van der Waals surface area contributed by atoms with Gasteiger partial charge in [0, 0.05) is 29.7 Å². The lowest BCUT2D eigenvalue weighted by Crippen LogP contribution is -2.44. The molecular formula is C25H27N3O3. The second kappa shape index (κ2) is 7.54. The molecule has 1 aromatic heterocycles. The van der Waals surface area contributed by atoms with Gasteiger partial charge in [-0.15, -0.1) is 0 Å². The maximum atomic E-state index is 13.2. The van der Waals surface area contributed by atoms with Crippen LogP contribution in [0.25, 0.3) is 10.9 Å². The molecule has 2 amide bonds. The fourth-order valence-electron chi connectivity index (χ4n) is 4.81. The van der Waals surface area contributed by atoms with Crippen molar-refractivity contribution in [1.82, 2.24) is 9.88 Å². The number of ether oxygens (including phenoxy) is 1. The van der Waals surface area contributed by atoms with E-state index in [1.807, 2.05) is 36.4 Å². The zero-order chi connectivity index (χ0) is 21.7. The normalized spacial score (nSPS) is 19.5. The maximum absolute atomic E-state index is 13.2. The van der Waals surface area contributed by atoms with E-state index < -0.39 is 6.04 Å². The predicted octanol–water partition coefficient (Wildman–Crippen LogP) is 3.99. The van der Waals surface area contributed by atoms with Crippen LogP contribution in [0.4, 0.5) is 5.69 Å². The summed E-state index contributed by atoms with van der Waals surface area (Å²) in [6.07, 6.45) is 1.07. The number of fused-ring (bicyclic) bond motifs is 3. The number of H-pyrrole nitrogens is 1. The molecule has 2 aliphatic heterocycles. The maximum Gasteiger partial charge on any atom is 0.251 e. The molecule has 3 heterocycles. The van der Waals surface area contributed by atoms with Crippen molar-refractivity contribution in [3.8, 4) is 5.75 Å². The minimum Gasteiger partial charge on any atom is -0.497 e. The third kappa shape index (κ3) is 3.31. The van der Waals surface area contributed by atoms with Gasteiger partial charge in [0.25, 0.3) is 5.91 Å². The topological polar surface area (TPSA) is 65.6 Å². The smallest absolute Gasteiger partial charge is 0.251 e. The van der Waals surface area contributed by atoms with Crippen LogP contribution in [0.1, 0.15) is 43.0 Å². The summed E-state index contributed by atoms with van der Waals surface area (Å²) in [4.78, 5) is 33.0. The first-order valence-electron chi connectivity index (χ1n) is 10.8. The first-order valence-corrected chi connectivity index (χ1v) is 10.8. The second-order valence-electron chi connectivity index (χ2n) is 8.75. The van der Waals surface area contributed by atoms with Gasteiger partial charge in [-0.05, 0) is 53.8 Å². The van der Waals surface area contributed by atoms with Crippen LogP contribution in [0.2, 0.25) is 0 Å². The molecular weight excluding hydrogens is 390 g/mol. The first kappa shape index (κ1) is 19.8. The van der Waals surface area contributed by atoms with Gasteiger partial charge in [-0.25, -0.2) is 4.90 Å². The molecule has 6 nitrogen and oxygen atoms in total. The van der Waals surface area contributed by atoms with Gasteiger partial charge >= 0.3 is 0 Å². The van der Waals surface area contributed by atoms with Crippen molar-refractivity contribution >= 4 is 28.4 Å². The Morgan fingerprint density at radius 2 is 1.87 bits per heavy atom. The molecule has 1 N–H and O–H groups in total. The number of nitrogens with one attached hydrogen (secondary N) is 1. The lowest BCUT2D eigenvalue weighted by molar-refractivity contribution is -0.123. The number of aromatic nitrogens is 1. The average molecular weight is 418 g/mol. The molecule has 1 saturated heterocycles. The number of amides is 2. The Morgan fingerprint density at radius 3 is 2.58 bits per heavy atom. The Bertz CT molecular complexity index is 1160. The average Bonchev–Trinajstić information content (AvgIpc) is 3.29. The zero-order valence-corrected chi connectivity index (χ0v) is 18.1. The molecule has 0 spiro atoms. The number of rotatable bonds is 4. The van der Waals surface area contributed by atoms with Crippen LogP contribution in [0.15, 0.2) is 42.5 Å². The summed E-state index contributed by atoms with van der Waals surface area (Å²) in [6.45, 7) is 5.64. The third-order valence-corrected chi connectivity index (χ3v) is 6.59. The van der Waals surface area contributed by atoms with Crippen LogP contribution in [0.3, 0.4) is 0 Å². The van der Waals surface area contributed by atoms with E-state index in [2.05, 4.69) is 29.8 Å². The summed E-state index contributed by atoms with van der Waals surface area (Å²) in [7, 11) is 1.67. The largest absolute Gasteiger partial charge is 0.497 e. The minimum absolute atomic E-state index is 0.122. The van der Waals surface area contributed by atoms with E-state index in [1.165, 1.54) is 21.4 Å². The van der Waals surface area contributed by atoms with Gasteiger partial charge in [0.1, 0.15) is 5.75 Å². The number of aromatic amines is 1. The standard InChI is InChI=1S/C25H27N3O3/c1-15(2)16-4-6-17(7-5-16)28-24(29)13-23(25(28)30)27-11-10-19-20-12-18(31-3)8-9-21(20)26-22(19)14-27/h4-9,12,15,23,26H,10-11,13-14H2,1-3H3. The fourth-order valence-corrected chi connectivity index (χ4v) is 4.81. The van der Waals surface area contributed by atoms with Crippen molar-refractivity contribution in [2.24, 2.45) is 0 Å². The van der Waals surface area contributed by atoms with Crippen LogP contribution in [-0.4, -0.2) is 41.4 Å². The molecule has 31 heavy (non-hydrogen) atoms. The molecule has 2 aliphatic rings. The molecule has 0 saturated carbocycles. The summed E-state index contributed by atoms with van der Waals surface area (Å²) in [5.74, 6) is 1.00. The van der Waals surface area contributed by atoms with Crippen LogP contribution in [-0.2, 0) is 22.6 Å². The molecule has 5 rings (SSSR count). The third-order valence-electron chi connectivity index (χ3n) is 6.59. The quantitative estimate of drug-likeness (QED) is 0.652. The summed E-state index contributed by atoms with van der Waals surface area (Å²) in [6, 6.07) is 13.4. The lowest BCUT2D eigenvalue weighted by Gasteiger charge is -2.30. The van der Waals surface area contributed by atoms with Crippen molar-refractivity contribution < 1.29 is 14.3 Å². The van der Waals surface area contributed by atoms with Gasteiger partial charge in [-0.2, -0.15) is 0 Å². The molecule has 0 aliphatic carbocycles. The van der Waals surface area contributed by atoms with Gasteiger partial charge in [0.2, 0.25) is 5.91 Å². The van der Waals surface area contributed by atoms with Crippen LogP contribution in [0, 0.1) is 0 Å². The van der Waals surface area contributed by atoms with Crippen LogP contribution >= 0.6 is 0 Å². The van der Waals surface area contributed by atoms with Crippen molar-refractivity contribution in [1.29, 1.82) is 0 Å². The van der Waals surface area contributed by atoms with Gasteiger partial charge in [0.05, 0.1) is 25.3 Å². The molecule has 0 bridgehead atoms. The number of hydrogen-bond acceptors (Lipinski definition) is 4. The van der Waals surface area contributed by atoms with E-state index in [4.69, 9.17) is 4.74 Å². The van der Waals surface area contributed by atoms with Gasteiger partial charge in [-0.3, -0.25) is 14.5 Å². The summed E-state index contributed by atoms with van der Waals surface area (Å²) in [5.41, 5.74) is 5.33. The van der Waals surface area contributed by atoms with Gasteiger partial charge in [0.15, 0.2) is 0 Å². The molecule has 1 atom stereocenters. The van der Waals surface area contributed by atoms with Crippen molar-refractivity contribution in [3.63, 3.8) is 0 Å². The molecule has 160 valence electrons. The predicted molar refractivity (Wildman–Crippen MR) is 120 cm³/mol. The number of methoxy groups -OCH3 is 1. The molecule has 6 heteroatoms. The summed E-state index contributed by atoms with van der Waals surface area (Å²) >= 11 is 0. The minimum atomic E-state index is -0.411. The van der Waals surface area contributed by atoms with Crippen LogP contribution < -0.4 is 9.64 Å². The molecule has 0 radical (unpaired) electrons. The Kier molecular flexibility index (Phi) is 4.82. The van der Waals surface area contributed by atoms with Crippen LogP contribution in [0.5, 0.6) is 5.75 Å². The highest BCUT2D eigenvalue weighted by atomic mass is 16.5. The van der Waals surface area contributed by atoms with E-state index in [1.54, 1.807) is 7.11 Å². The van der Waals surface area contributed by atoms with E-state index in [9.17, 15) is 9.59 Å². The highest BCUT2D eigenvalue weighted by Crippen LogP contribution is 2.33. The van der Waals surface area contributed by atoms with Gasteiger partial charge in [-0.1, -0.05) is 26.0 Å². The Balaban J connectivity index is 1.38. The number of nitrogens with zero attached hydrogens (tertiary/aromatic N) is 2. The SMILES string of the molecule is COc1ccc2[nH]c3c(c2c1)CCN(C1CC(=O)N(c2ccc(C(C)C)cc2)C1=O)C3. The first-order chi connectivity index (χ1) is 15.0. The number of benzene rings is 2. The highest BCUT2D eigenvalue weighted by Gasteiger charge is 2.43. The number of imide groups is 1. The fraction of sp³-hybridized carbons (Fsp3) is 0.360. The Hall–Kier alpha value is -3.12. The molecule has 3 aromatic rings. The van der Waals surface area contributed by atoms with E-state index in [0.29, 0.717) is 18.2 Å². The Labute approximate surface area is 181 Å². The van der Waals surface area contributed by atoms with Crippen molar-refractivity contribution in [2.75, 3.05) is 18.6 Å². The molecule has 1 unspecified atom stereocenters. The van der Waals surface area contributed by atoms with E-state index >= 15 is 0 Å². The van der Waals surface area contributed by atoms with Gasteiger partial charge < -0.3 is 9.72 Å². The Morgan fingerprint density at radius 1 is 1.10 bits per heavy atom. The number of carbonyl (C=O) groups excluding carboxylic acids is 2. The molecule has 2 aromatic carbocycles. The van der Waals surface area contributed by atoms with E-state index in [-0.39, 0.29) is 18.2 Å². The molecule has 1 fully saturated rings. The summed E-state index contributed by atoms with van der Waals surface area (Å²) in [5, 5.41) is 1.18. The van der Waals surface area contributed by atoms with Crippen molar-refractivity contribution in [2.45, 2.75) is 45.2 Å². The second-order valence-corrected chi connectivity index (χ2v) is 8.75. The summed E-state index contributed by atoms with van der Waals surface area (Å²) < 4.78 is 5.37. The number of hydrogen-bond donors (Lipinski definition) is 1. The van der Waals surface area contributed by atoms with E-state index in [0.717, 1.165) is 29.9 Å². The lowest BCUT2D eigenvalue weighted by atomic mass is 10.0. The number of carbonyl (C=O) groups is 2.